The molecule has 2 aromatic carbocycles. The van der Waals surface area contributed by atoms with Crippen LogP contribution >= 0.6 is 0 Å². The molecule has 1 fully saturated rings. The van der Waals surface area contributed by atoms with Crippen molar-refractivity contribution in [2.45, 2.75) is 38.3 Å². The molecule has 2 nitrogen and oxygen atoms in total. The van der Waals surface area contributed by atoms with E-state index in [9.17, 15) is 0 Å². The van der Waals surface area contributed by atoms with Gasteiger partial charge < -0.3 is 10.1 Å². The molecule has 0 radical (unpaired) electrons. The van der Waals surface area contributed by atoms with E-state index in [2.05, 4.69) is 30.4 Å². The summed E-state index contributed by atoms with van der Waals surface area (Å²) in [5.41, 5.74) is 1.61. The van der Waals surface area contributed by atoms with Crippen LogP contribution in [0, 0.1) is 0 Å². The van der Waals surface area contributed by atoms with Gasteiger partial charge in [-0.1, -0.05) is 30.3 Å². The molecule has 104 valence electrons. The SMILES string of the molecule is CC1(NCc2cccc(Oc3ccccc3)c2)CCC1. The van der Waals surface area contributed by atoms with Crippen LogP contribution in [0.25, 0.3) is 0 Å². The van der Waals surface area contributed by atoms with E-state index in [1.165, 1.54) is 24.8 Å². The number of ether oxygens (including phenoxy) is 1. The molecule has 2 heteroatoms. The van der Waals surface area contributed by atoms with Gasteiger partial charge in [-0.25, -0.2) is 0 Å². The van der Waals surface area contributed by atoms with Gasteiger partial charge in [-0.2, -0.15) is 0 Å². The quantitative estimate of drug-likeness (QED) is 0.860. The van der Waals surface area contributed by atoms with Crippen molar-refractivity contribution < 1.29 is 4.74 Å². The Bertz CT molecular complexity index is 561. The lowest BCUT2D eigenvalue weighted by atomic mass is 9.78. The highest BCUT2D eigenvalue weighted by Gasteiger charge is 2.30. The third kappa shape index (κ3) is 3.20. The zero-order chi connectivity index (χ0) is 13.8. The predicted octanol–water partition coefficient (Wildman–Crippen LogP) is 4.51. The summed E-state index contributed by atoms with van der Waals surface area (Å²) < 4.78 is 5.86. The molecule has 3 rings (SSSR count). The second-order valence-electron chi connectivity index (χ2n) is 5.83. The molecular weight excluding hydrogens is 246 g/mol. The molecule has 0 spiro atoms. The fourth-order valence-corrected chi connectivity index (χ4v) is 2.54. The van der Waals surface area contributed by atoms with Crippen molar-refractivity contribution in [3.05, 3.63) is 60.2 Å². The minimum absolute atomic E-state index is 0.344. The average molecular weight is 267 g/mol. The minimum atomic E-state index is 0.344. The first kappa shape index (κ1) is 13.2. The monoisotopic (exact) mass is 267 g/mol. The molecule has 2 aromatic rings. The van der Waals surface area contributed by atoms with Crippen LogP contribution in [0.5, 0.6) is 11.5 Å². The lowest BCUT2D eigenvalue weighted by Gasteiger charge is -2.39. The molecule has 0 aromatic heterocycles. The third-order valence-corrected chi connectivity index (χ3v) is 4.05. The van der Waals surface area contributed by atoms with E-state index in [1.807, 2.05) is 36.4 Å². The maximum atomic E-state index is 5.86. The summed E-state index contributed by atoms with van der Waals surface area (Å²) in [6.45, 7) is 3.21. The Kier molecular flexibility index (Phi) is 3.75. The van der Waals surface area contributed by atoms with Gasteiger partial charge in [0.05, 0.1) is 0 Å². The zero-order valence-corrected chi connectivity index (χ0v) is 11.9. The van der Waals surface area contributed by atoms with Crippen molar-refractivity contribution in [1.29, 1.82) is 0 Å². The number of benzene rings is 2. The first-order valence-corrected chi connectivity index (χ1v) is 7.30. The van der Waals surface area contributed by atoms with Crippen molar-refractivity contribution in [3.63, 3.8) is 0 Å². The fourth-order valence-electron chi connectivity index (χ4n) is 2.54. The van der Waals surface area contributed by atoms with Crippen molar-refractivity contribution in [2.75, 3.05) is 0 Å². The Morgan fingerprint density at radius 1 is 1.00 bits per heavy atom. The summed E-state index contributed by atoms with van der Waals surface area (Å²) in [5.74, 6) is 1.78. The maximum absolute atomic E-state index is 5.86. The van der Waals surface area contributed by atoms with E-state index < -0.39 is 0 Å². The molecule has 0 heterocycles. The molecule has 0 unspecified atom stereocenters. The summed E-state index contributed by atoms with van der Waals surface area (Å²) in [4.78, 5) is 0. The van der Waals surface area contributed by atoms with E-state index in [1.54, 1.807) is 0 Å². The Morgan fingerprint density at radius 3 is 2.45 bits per heavy atom. The van der Waals surface area contributed by atoms with Crippen LogP contribution in [0.15, 0.2) is 54.6 Å². The number of para-hydroxylation sites is 1. The molecule has 20 heavy (non-hydrogen) atoms. The number of nitrogens with one attached hydrogen (secondary N) is 1. The molecule has 1 aliphatic carbocycles. The van der Waals surface area contributed by atoms with Gasteiger partial charge in [0.25, 0.3) is 0 Å². The fraction of sp³-hybridized carbons (Fsp3) is 0.333. The summed E-state index contributed by atoms with van der Waals surface area (Å²) in [5, 5.41) is 3.65. The first-order chi connectivity index (χ1) is 9.73. The van der Waals surface area contributed by atoms with Crippen molar-refractivity contribution in [1.82, 2.24) is 5.32 Å². The average Bonchev–Trinajstić information content (AvgIpc) is 2.45. The van der Waals surface area contributed by atoms with E-state index in [0.29, 0.717) is 5.54 Å². The van der Waals surface area contributed by atoms with Crippen molar-refractivity contribution in [3.8, 4) is 11.5 Å². The molecule has 0 atom stereocenters. The highest BCUT2D eigenvalue weighted by atomic mass is 16.5. The highest BCUT2D eigenvalue weighted by molar-refractivity contribution is 5.33. The molecule has 0 saturated heterocycles. The molecule has 1 saturated carbocycles. The Hall–Kier alpha value is -1.80. The maximum Gasteiger partial charge on any atom is 0.127 e. The molecule has 1 N–H and O–H groups in total. The predicted molar refractivity (Wildman–Crippen MR) is 82.1 cm³/mol. The topological polar surface area (TPSA) is 21.3 Å². The van der Waals surface area contributed by atoms with E-state index in [-0.39, 0.29) is 0 Å². The lowest BCUT2D eigenvalue weighted by molar-refractivity contribution is 0.207. The molecule has 0 bridgehead atoms. The summed E-state index contributed by atoms with van der Waals surface area (Å²) >= 11 is 0. The van der Waals surface area contributed by atoms with Crippen LogP contribution in [0.1, 0.15) is 31.7 Å². The second-order valence-corrected chi connectivity index (χ2v) is 5.83. The summed E-state index contributed by atoms with van der Waals surface area (Å²) in [6, 6.07) is 18.2. The first-order valence-electron chi connectivity index (χ1n) is 7.30. The van der Waals surface area contributed by atoms with Crippen LogP contribution in [-0.2, 0) is 6.54 Å². The van der Waals surface area contributed by atoms with E-state index in [4.69, 9.17) is 4.74 Å². The van der Waals surface area contributed by atoms with Crippen molar-refractivity contribution in [2.24, 2.45) is 0 Å². The van der Waals surface area contributed by atoms with Crippen LogP contribution in [-0.4, -0.2) is 5.54 Å². The molecular formula is C18H21NO. The largest absolute Gasteiger partial charge is 0.457 e. The van der Waals surface area contributed by atoms with Gasteiger partial charge in [-0.3, -0.25) is 0 Å². The van der Waals surface area contributed by atoms with Gasteiger partial charge in [-0.15, -0.1) is 0 Å². The lowest BCUT2D eigenvalue weighted by Crippen LogP contribution is -2.47. The summed E-state index contributed by atoms with van der Waals surface area (Å²) in [7, 11) is 0. The van der Waals surface area contributed by atoms with Crippen molar-refractivity contribution >= 4 is 0 Å². The minimum Gasteiger partial charge on any atom is -0.457 e. The second kappa shape index (κ2) is 5.68. The van der Waals surface area contributed by atoms with Gasteiger partial charge in [0.15, 0.2) is 0 Å². The Balaban J connectivity index is 1.63. The highest BCUT2D eigenvalue weighted by Crippen LogP contribution is 2.31. The van der Waals surface area contributed by atoms with E-state index >= 15 is 0 Å². The van der Waals surface area contributed by atoms with E-state index in [0.717, 1.165) is 18.0 Å². The summed E-state index contributed by atoms with van der Waals surface area (Å²) in [6.07, 6.45) is 3.92. The van der Waals surface area contributed by atoms with Gasteiger partial charge in [0, 0.05) is 12.1 Å². The Morgan fingerprint density at radius 2 is 1.75 bits per heavy atom. The van der Waals surface area contributed by atoms with Gasteiger partial charge in [0.2, 0.25) is 0 Å². The molecule has 0 amide bonds. The molecule has 0 aliphatic heterocycles. The van der Waals surface area contributed by atoms with Crippen LogP contribution < -0.4 is 10.1 Å². The van der Waals surface area contributed by atoms with Crippen LogP contribution in [0.2, 0.25) is 0 Å². The standard InChI is InChI=1S/C18H21NO/c1-18(11-6-12-18)19-14-15-7-5-10-17(13-15)20-16-8-3-2-4-9-16/h2-5,7-10,13,19H,6,11-12,14H2,1H3. The number of hydrogen-bond acceptors (Lipinski definition) is 2. The van der Waals surface area contributed by atoms with Gasteiger partial charge >= 0.3 is 0 Å². The number of rotatable bonds is 5. The van der Waals surface area contributed by atoms with Crippen LogP contribution in [0.3, 0.4) is 0 Å². The van der Waals surface area contributed by atoms with Gasteiger partial charge in [0.1, 0.15) is 11.5 Å². The Labute approximate surface area is 120 Å². The smallest absolute Gasteiger partial charge is 0.127 e. The molecule has 1 aliphatic rings. The zero-order valence-electron chi connectivity index (χ0n) is 11.9. The van der Waals surface area contributed by atoms with Gasteiger partial charge in [-0.05, 0) is 56.0 Å². The van der Waals surface area contributed by atoms with Crippen LogP contribution in [0.4, 0.5) is 0 Å². The third-order valence-electron chi connectivity index (χ3n) is 4.05. The number of hydrogen-bond donors (Lipinski definition) is 1. The normalized spacial score (nSPS) is 16.4.